The van der Waals surface area contributed by atoms with E-state index in [0.29, 0.717) is 57.6 Å². The molecule has 10 rings (SSSR count). The lowest BCUT2D eigenvalue weighted by atomic mass is 9.96. The number of nitrogens with two attached hydrogens (primary N) is 1. The Morgan fingerprint density at radius 1 is 0.526 bits per heavy atom. The van der Waals surface area contributed by atoms with Crippen molar-refractivity contribution in [1.29, 1.82) is 0 Å². The lowest BCUT2D eigenvalue weighted by Crippen LogP contribution is -2.30. The molecule has 5 N–H and O–H groups in total. The predicted octanol–water partition coefficient (Wildman–Crippen LogP) is 12.7. The second-order valence-corrected chi connectivity index (χ2v) is 19.3. The van der Waals surface area contributed by atoms with Crippen molar-refractivity contribution in [3.63, 3.8) is 0 Å². The Labute approximate surface area is 441 Å². The highest BCUT2D eigenvalue weighted by molar-refractivity contribution is 6.00. The van der Waals surface area contributed by atoms with Crippen LogP contribution < -0.4 is 26.2 Å². The minimum absolute atomic E-state index is 0.105. The van der Waals surface area contributed by atoms with Gasteiger partial charge in [-0.3, -0.25) is 14.4 Å². The fraction of sp³-hybridized carbons (Fsp3) is 0.188. The van der Waals surface area contributed by atoms with Gasteiger partial charge in [0.05, 0.1) is 17.6 Å². The van der Waals surface area contributed by atoms with Crippen LogP contribution in [0, 0.1) is 11.6 Å². The molecule has 12 heteroatoms. The van der Waals surface area contributed by atoms with Crippen LogP contribution in [-0.4, -0.2) is 41.9 Å². The largest absolute Gasteiger partial charge is 0.478 e. The molecule has 0 fully saturated rings. The zero-order chi connectivity index (χ0) is 53.3. The van der Waals surface area contributed by atoms with Gasteiger partial charge in [0.2, 0.25) is 5.91 Å². The molecule has 2 aliphatic rings. The standard InChI is InChI=1S/C32H30FN3O2.C32H29FN2O3/c1-21(22-8-3-2-4-9-22)35-32(38)25-14-16-30-24(19-25)10-7-17-36(30)20-26-18-23(13-15-29(26)33)27-11-5-6-12-28(27)31(34)37;1-21(22-8-3-2-4-9-22)34-31(36)25-14-16-30-24(19-25)10-7-17-35(30)20-26-18-23(13-15-29(26)33)27-11-5-6-12-28(27)32(37)38/h2-6,8-9,11-16,18-19,21H,7,10,17,20H2,1H3,(H2,34,37)(H,35,38);2-6,8-9,11-16,18-19,21H,7,10,17,20H2,1H3,(H,34,36)(H,37,38)/t2*21-/m00/s1. The molecular weight excluding hydrogens is 957 g/mol. The predicted molar refractivity (Wildman–Crippen MR) is 295 cm³/mol. The van der Waals surface area contributed by atoms with Gasteiger partial charge >= 0.3 is 5.97 Å². The molecule has 10 nitrogen and oxygen atoms in total. The summed E-state index contributed by atoms with van der Waals surface area (Å²) in [5.41, 5.74) is 17.3. The number of nitrogens with zero attached hydrogens (tertiary/aromatic N) is 2. The molecule has 2 aliphatic heterocycles. The second kappa shape index (κ2) is 23.5. The quantitative estimate of drug-likeness (QED) is 0.0849. The number of carboxylic acid groups (broad SMARTS) is 1. The van der Waals surface area contributed by atoms with Crippen molar-refractivity contribution >= 4 is 35.1 Å². The highest BCUT2D eigenvalue weighted by Gasteiger charge is 2.24. The van der Waals surface area contributed by atoms with Crippen LogP contribution in [0.25, 0.3) is 22.3 Å². The number of aryl methyl sites for hydroxylation is 2. The zero-order valence-electron chi connectivity index (χ0n) is 42.4. The Morgan fingerprint density at radius 2 is 0.934 bits per heavy atom. The van der Waals surface area contributed by atoms with E-state index < -0.39 is 11.9 Å². The van der Waals surface area contributed by atoms with Crippen LogP contribution in [-0.2, 0) is 25.9 Å². The Morgan fingerprint density at radius 3 is 1.37 bits per heavy atom. The summed E-state index contributed by atoms with van der Waals surface area (Å²) in [7, 11) is 0. The number of fused-ring (bicyclic) bond motifs is 2. The molecule has 0 saturated carbocycles. The SMILES string of the molecule is C[C@H](NC(=O)c1ccc2c(c1)CCCN2Cc1cc(-c2ccccc2C(=O)O)ccc1F)c1ccccc1.C[C@H](NC(=O)c1ccc2c(c1)CCCN2Cc1cc(-c2ccccc2C(N)=O)ccc1F)c1ccccc1. The van der Waals surface area contributed by atoms with Gasteiger partial charge in [0.25, 0.3) is 11.8 Å². The van der Waals surface area contributed by atoms with Gasteiger partial charge in [-0.25, -0.2) is 13.6 Å². The van der Waals surface area contributed by atoms with E-state index in [0.717, 1.165) is 78.0 Å². The van der Waals surface area contributed by atoms with Crippen molar-refractivity contribution in [1.82, 2.24) is 10.6 Å². The monoisotopic (exact) mass is 1020 g/mol. The topological polar surface area (TPSA) is 145 Å². The molecule has 0 radical (unpaired) electrons. The average molecular weight is 1020 g/mol. The van der Waals surface area contributed by atoms with Crippen LogP contribution in [0.4, 0.5) is 20.2 Å². The molecule has 3 amide bonds. The number of anilines is 2. The van der Waals surface area contributed by atoms with E-state index in [1.54, 1.807) is 60.7 Å². The second-order valence-electron chi connectivity index (χ2n) is 19.3. The van der Waals surface area contributed by atoms with E-state index in [1.807, 2.05) is 123 Å². The summed E-state index contributed by atoms with van der Waals surface area (Å²) in [4.78, 5) is 53.8. The van der Waals surface area contributed by atoms with E-state index >= 15 is 0 Å². The van der Waals surface area contributed by atoms with Gasteiger partial charge in [0.1, 0.15) is 11.6 Å². The van der Waals surface area contributed by atoms with Gasteiger partial charge in [-0.05, 0) is 157 Å². The summed E-state index contributed by atoms with van der Waals surface area (Å²) in [6.45, 7) is 6.20. The van der Waals surface area contributed by atoms with Crippen molar-refractivity contribution in [3.8, 4) is 22.3 Å². The number of amides is 3. The van der Waals surface area contributed by atoms with Crippen molar-refractivity contribution in [2.24, 2.45) is 5.73 Å². The first-order valence-corrected chi connectivity index (χ1v) is 25.6. The number of carbonyl (C=O) groups is 4. The molecule has 8 aromatic rings. The Hall–Kier alpha value is -8.90. The molecular formula is C64H59F2N5O5. The lowest BCUT2D eigenvalue weighted by molar-refractivity contribution is 0.0696. The number of hydrogen-bond donors (Lipinski definition) is 4. The zero-order valence-corrected chi connectivity index (χ0v) is 42.4. The molecule has 76 heavy (non-hydrogen) atoms. The number of halogens is 2. The summed E-state index contributed by atoms with van der Waals surface area (Å²) < 4.78 is 29.8. The molecule has 0 saturated heterocycles. The molecule has 0 aromatic heterocycles. The third kappa shape index (κ3) is 12.0. The fourth-order valence-corrected chi connectivity index (χ4v) is 10.2. The maximum absolute atomic E-state index is 14.9. The van der Waals surface area contributed by atoms with E-state index in [4.69, 9.17) is 5.73 Å². The van der Waals surface area contributed by atoms with Crippen LogP contribution in [0.1, 0.15) is 114 Å². The third-order valence-electron chi connectivity index (χ3n) is 14.2. The normalized spacial score (nSPS) is 13.5. The Kier molecular flexibility index (Phi) is 16.1. The van der Waals surface area contributed by atoms with E-state index in [1.165, 1.54) is 12.1 Å². The van der Waals surface area contributed by atoms with Crippen LogP contribution in [0.5, 0.6) is 0 Å². The van der Waals surface area contributed by atoms with Crippen LogP contribution in [0.3, 0.4) is 0 Å². The van der Waals surface area contributed by atoms with Crippen LogP contribution >= 0.6 is 0 Å². The Balaban J connectivity index is 0.000000186. The smallest absolute Gasteiger partial charge is 0.336 e. The highest BCUT2D eigenvalue weighted by atomic mass is 19.1. The summed E-state index contributed by atoms with van der Waals surface area (Å²) in [6.07, 6.45) is 3.50. The number of benzene rings is 8. The summed E-state index contributed by atoms with van der Waals surface area (Å²) in [6, 6.07) is 54.4. The number of primary amides is 1. The summed E-state index contributed by atoms with van der Waals surface area (Å²) in [5.74, 6) is -2.42. The number of aromatic carboxylic acids is 1. The highest BCUT2D eigenvalue weighted by Crippen LogP contribution is 2.34. The van der Waals surface area contributed by atoms with Gasteiger partial charge in [-0.1, -0.05) is 109 Å². The average Bonchev–Trinajstić information content (AvgIpc) is 3.45. The first-order valence-electron chi connectivity index (χ1n) is 25.6. The van der Waals surface area contributed by atoms with Crippen LogP contribution in [0.2, 0.25) is 0 Å². The van der Waals surface area contributed by atoms with Crippen LogP contribution in [0.15, 0.2) is 182 Å². The van der Waals surface area contributed by atoms with E-state index in [9.17, 15) is 33.1 Å². The van der Waals surface area contributed by atoms with Crippen molar-refractivity contribution < 1.29 is 33.1 Å². The maximum Gasteiger partial charge on any atom is 0.336 e. The molecule has 0 bridgehead atoms. The summed E-state index contributed by atoms with van der Waals surface area (Å²) >= 11 is 0. The Bertz CT molecular complexity index is 3200. The van der Waals surface area contributed by atoms with Gasteiger partial charge in [0.15, 0.2) is 0 Å². The molecule has 0 aliphatic carbocycles. The molecule has 0 spiro atoms. The number of rotatable bonds is 14. The van der Waals surface area contributed by atoms with Gasteiger partial charge in [-0.15, -0.1) is 0 Å². The van der Waals surface area contributed by atoms with Gasteiger partial charge in [-0.2, -0.15) is 0 Å². The van der Waals surface area contributed by atoms with Gasteiger partial charge in [0, 0.05) is 65.4 Å². The minimum atomic E-state index is -1.02. The molecule has 384 valence electrons. The van der Waals surface area contributed by atoms with Gasteiger partial charge < -0.3 is 31.3 Å². The van der Waals surface area contributed by atoms with E-state index in [2.05, 4.69) is 20.4 Å². The summed E-state index contributed by atoms with van der Waals surface area (Å²) in [5, 5.41) is 15.7. The first-order chi connectivity index (χ1) is 36.8. The van der Waals surface area contributed by atoms with E-state index in [-0.39, 0.29) is 41.1 Å². The first kappa shape index (κ1) is 52.0. The maximum atomic E-state index is 14.9. The van der Waals surface area contributed by atoms with Crippen molar-refractivity contribution in [3.05, 3.63) is 249 Å². The number of carbonyl (C=O) groups excluding carboxylic acids is 3. The lowest BCUT2D eigenvalue weighted by Gasteiger charge is -2.32. The molecule has 8 aromatic carbocycles. The van der Waals surface area contributed by atoms with Crippen molar-refractivity contribution in [2.75, 3.05) is 22.9 Å². The third-order valence-corrected chi connectivity index (χ3v) is 14.2. The molecule has 2 atom stereocenters. The number of hydrogen-bond acceptors (Lipinski definition) is 6. The van der Waals surface area contributed by atoms with Crippen molar-refractivity contribution in [2.45, 2.75) is 64.7 Å². The minimum Gasteiger partial charge on any atom is -0.478 e. The fourth-order valence-electron chi connectivity index (χ4n) is 10.2. The number of carboxylic acids is 1. The number of nitrogens with one attached hydrogen (secondary N) is 2. The molecule has 2 heterocycles. The molecule has 0 unspecified atom stereocenters.